The third-order valence-corrected chi connectivity index (χ3v) is 7.68. The summed E-state index contributed by atoms with van der Waals surface area (Å²) in [5, 5.41) is 12.4. The molecule has 3 atom stereocenters. The lowest BCUT2D eigenvalue weighted by atomic mass is 9.87. The molecule has 0 radical (unpaired) electrons. The SMILES string of the molecule is CC(C)(C)c1ccc(N(C(=O)[C@H]2[C@H](F)CCN2C(=O)O)C(C(=O)NC2CCC(F)(F)CC2)c2cncc(F)c2)cc1. The van der Waals surface area contributed by atoms with Crippen molar-refractivity contribution in [1.29, 1.82) is 0 Å². The van der Waals surface area contributed by atoms with Gasteiger partial charge in [0, 0.05) is 42.9 Å². The van der Waals surface area contributed by atoms with Crippen molar-refractivity contribution in [2.45, 2.75) is 88.5 Å². The van der Waals surface area contributed by atoms with E-state index >= 15 is 4.39 Å². The number of amides is 3. The molecular weight excluding hydrogens is 544 g/mol. The number of alkyl halides is 3. The fraction of sp³-hybridized carbons (Fsp3) is 0.517. The van der Waals surface area contributed by atoms with Crippen molar-refractivity contribution in [3.8, 4) is 0 Å². The number of pyridine rings is 1. The van der Waals surface area contributed by atoms with E-state index in [-0.39, 0.29) is 42.5 Å². The first-order chi connectivity index (χ1) is 19.2. The number of benzene rings is 1. The van der Waals surface area contributed by atoms with Gasteiger partial charge in [0.15, 0.2) is 0 Å². The van der Waals surface area contributed by atoms with Gasteiger partial charge in [0.2, 0.25) is 11.8 Å². The second-order valence-corrected chi connectivity index (χ2v) is 11.7. The van der Waals surface area contributed by atoms with Crippen LogP contribution in [-0.2, 0) is 15.0 Å². The Hall–Kier alpha value is -3.70. The van der Waals surface area contributed by atoms with Crippen LogP contribution in [0.1, 0.15) is 70.0 Å². The minimum atomic E-state index is -2.84. The number of anilines is 1. The summed E-state index contributed by atoms with van der Waals surface area (Å²) in [5.74, 6) is -5.47. The van der Waals surface area contributed by atoms with Gasteiger partial charge in [-0.05, 0) is 48.4 Å². The largest absolute Gasteiger partial charge is 0.465 e. The van der Waals surface area contributed by atoms with Gasteiger partial charge in [-0.25, -0.2) is 22.4 Å². The summed E-state index contributed by atoms with van der Waals surface area (Å²) < 4.78 is 57.0. The molecule has 2 N–H and O–H groups in total. The smallest absolute Gasteiger partial charge is 0.408 e. The number of halogens is 4. The van der Waals surface area contributed by atoms with Crippen LogP contribution in [0.2, 0.25) is 0 Å². The first kappa shape index (κ1) is 30.3. The van der Waals surface area contributed by atoms with E-state index in [2.05, 4.69) is 10.3 Å². The van der Waals surface area contributed by atoms with Gasteiger partial charge in [-0.3, -0.25) is 24.4 Å². The van der Waals surface area contributed by atoms with Crippen molar-refractivity contribution in [2.24, 2.45) is 0 Å². The van der Waals surface area contributed by atoms with Gasteiger partial charge in [-0.1, -0.05) is 32.9 Å². The van der Waals surface area contributed by atoms with E-state index in [0.29, 0.717) is 4.90 Å². The van der Waals surface area contributed by atoms with Crippen LogP contribution in [0.25, 0.3) is 0 Å². The summed E-state index contributed by atoms with van der Waals surface area (Å²) in [6, 6.07) is 3.59. The first-order valence-electron chi connectivity index (χ1n) is 13.5. The molecule has 1 aliphatic carbocycles. The number of hydrogen-bond donors (Lipinski definition) is 2. The maximum absolute atomic E-state index is 15.1. The average Bonchev–Trinajstić information content (AvgIpc) is 3.29. The monoisotopic (exact) mass is 578 g/mol. The second kappa shape index (κ2) is 11.7. The zero-order valence-corrected chi connectivity index (χ0v) is 23.1. The number of carboxylic acid groups (broad SMARTS) is 1. The highest BCUT2D eigenvalue weighted by Crippen LogP contribution is 2.36. The number of nitrogens with zero attached hydrogens (tertiary/aromatic N) is 3. The molecule has 222 valence electrons. The zero-order chi connectivity index (χ0) is 30.1. The highest BCUT2D eigenvalue weighted by molar-refractivity contribution is 6.05. The number of carbonyl (C=O) groups excluding carboxylic acids is 2. The van der Waals surface area contributed by atoms with Crippen LogP contribution < -0.4 is 10.2 Å². The molecule has 1 aliphatic heterocycles. The molecule has 8 nitrogen and oxygen atoms in total. The predicted molar refractivity (Wildman–Crippen MR) is 143 cm³/mol. The van der Waals surface area contributed by atoms with Gasteiger partial charge in [0.25, 0.3) is 5.91 Å². The maximum Gasteiger partial charge on any atom is 0.408 e. The molecule has 2 aromatic rings. The van der Waals surface area contributed by atoms with Crippen molar-refractivity contribution in [1.82, 2.24) is 15.2 Å². The lowest BCUT2D eigenvalue weighted by Gasteiger charge is -2.37. The molecule has 12 heteroatoms. The lowest BCUT2D eigenvalue weighted by molar-refractivity contribution is -0.130. The van der Waals surface area contributed by atoms with E-state index in [0.717, 1.165) is 22.7 Å². The molecule has 41 heavy (non-hydrogen) atoms. The first-order valence-corrected chi connectivity index (χ1v) is 13.5. The molecule has 1 saturated carbocycles. The summed E-state index contributed by atoms with van der Waals surface area (Å²) in [5.41, 5.74) is 0.718. The van der Waals surface area contributed by atoms with Gasteiger partial charge in [-0.2, -0.15) is 0 Å². The molecule has 1 saturated heterocycles. The highest BCUT2D eigenvalue weighted by Gasteiger charge is 2.48. The van der Waals surface area contributed by atoms with Gasteiger partial charge < -0.3 is 10.4 Å². The normalized spacial score (nSPS) is 21.8. The molecule has 1 unspecified atom stereocenters. The zero-order valence-electron chi connectivity index (χ0n) is 23.1. The molecule has 2 heterocycles. The standard InChI is InChI=1S/C29H34F4N4O4/c1-28(2,3)18-4-6-21(7-5-18)37(26(39)24-22(31)10-13-36(24)27(40)41)23(17-14-19(30)16-34-15-17)25(38)35-20-8-11-29(32,33)12-9-20/h4-7,14-16,20,22-24H,8-13H2,1-3H3,(H,35,38)(H,40,41)/t22-,23?,24-/m1/s1. The Kier molecular flexibility index (Phi) is 8.60. The molecule has 2 aliphatic rings. The molecule has 1 aromatic carbocycles. The Morgan fingerprint density at radius 2 is 1.73 bits per heavy atom. The Bertz CT molecular complexity index is 1270. The van der Waals surface area contributed by atoms with E-state index in [1.165, 1.54) is 6.20 Å². The van der Waals surface area contributed by atoms with E-state index < -0.39 is 66.8 Å². The Balaban J connectivity index is 1.81. The predicted octanol–water partition coefficient (Wildman–Crippen LogP) is 5.38. The van der Waals surface area contributed by atoms with Crippen LogP contribution in [0, 0.1) is 5.82 Å². The summed E-state index contributed by atoms with van der Waals surface area (Å²) >= 11 is 0. The van der Waals surface area contributed by atoms with Crippen LogP contribution in [0.5, 0.6) is 0 Å². The third kappa shape index (κ3) is 6.79. The van der Waals surface area contributed by atoms with E-state index in [9.17, 15) is 32.7 Å². The van der Waals surface area contributed by atoms with Gasteiger partial charge in [0.05, 0.1) is 6.20 Å². The summed E-state index contributed by atoms with van der Waals surface area (Å²) in [7, 11) is 0. The molecule has 1 aromatic heterocycles. The number of hydrogen-bond acceptors (Lipinski definition) is 4. The Morgan fingerprint density at radius 1 is 1.10 bits per heavy atom. The second-order valence-electron chi connectivity index (χ2n) is 11.7. The Labute approximate surface area is 235 Å². The van der Waals surface area contributed by atoms with Crippen LogP contribution in [0.3, 0.4) is 0 Å². The summed E-state index contributed by atoms with van der Waals surface area (Å²) in [6.45, 7) is 5.71. The molecule has 2 fully saturated rings. The average molecular weight is 579 g/mol. The van der Waals surface area contributed by atoms with Gasteiger partial charge in [-0.15, -0.1) is 0 Å². The molecular formula is C29H34F4N4O4. The third-order valence-electron chi connectivity index (χ3n) is 7.68. The highest BCUT2D eigenvalue weighted by atomic mass is 19.3. The van der Waals surface area contributed by atoms with Crippen molar-refractivity contribution in [2.75, 3.05) is 11.4 Å². The van der Waals surface area contributed by atoms with Crippen LogP contribution >= 0.6 is 0 Å². The molecule has 4 rings (SSSR count). The Morgan fingerprint density at radius 3 is 2.29 bits per heavy atom. The summed E-state index contributed by atoms with van der Waals surface area (Å²) in [6.07, 6.45) is -2.34. The van der Waals surface area contributed by atoms with Crippen molar-refractivity contribution < 1.29 is 37.1 Å². The topological polar surface area (TPSA) is 103 Å². The number of carbonyl (C=O) groups is 3. The van der Waals surface area contributed by atoms with Crippen molar-refractivity contribution >= 4 is 23.6 Å². The van der Waals surface area contributed by atoms with Crippen LogP contribution in [0.15, 0.2) is 42.7 Å². The van der Waals surface area contributed by atoms with Crippen molar-refractivity contribution in [3.63, 3.8) is 0 Å². The molecule has 0 spiro atoms. The maximum atomic E-state index is 15.1. The fourth-order valence-corrected chi connectivity index (χ4v) is 5.39. The minimum absolute atomic E-state index is 0.0109. The fourth-order valence-electron chi connectivity index (χ4n) is 5.39. The summed E-state index contributed by atoms with van der Waals surface area (Å²) in [4.78, 5) is 45.4. The molecule has 3 amide bonds. The van der Waals surface area contributed by atoms with E-state index in [4.69, 9.17) is 0 Å². The number of nitrogens with one attached hydrogen (secondary N) is 1. The van der Waals surface area contributed by atoms with E-state index in [1.807, 2.05) is 20.8 Å². The van der Waals surface area contributed by atoms with E-state index in [1.54, 1.807) is 24.3 Å². The number of aromatic nitrogens is 1. The van der Waals surface area contributed by atoms with Gasteiger partial charge >= 0.3 is 6.09 Å². The minimum Gasteiger partial charge on any atom is -0.465 e. The van der Waals surface area contributed by atoms with Crippen molar-refractivity contribution in [3.05, 3.63) is 59.7 Å². The van der Waals surface area contributed by atoms with Crippen LogP contribution in [0.4, 0.5) is 28.0 Å². The van der Waals surface area contributed by atoms with Gasteiger partial charge in [0.1, 0.15) is 24.1 Å². The number of likely N-dealkylation sites (tertiary alicyclic amines) is 1. The molecule has 0 bridgehead atoms. The van der Waals surface area contributed by atoms with Crippen LogP contribution in [-0.4, -0.2) is 63.6 Å². The number of rotatable bonds is 6. The lowest BCUT2D eigenvalue weighted by Crippen LogP contribution is -2.55. The quantitative estimate of drug-likeness (QED) is 0.449.